The molecule has 0 aliphatic carbocycles. The van der Waals surface area contributed by atoms with E-state index >= 15 is 0 Å². The molecule has 0 saturated heterocycles. The molecule has 3 rings (SSSR count). The van der Waals surface area contributed by atoms with Crippen molar-refractivity contribution >= 4 is 22.5 Å². The molecule has 0 bridgehead atoms. The summed E-state index contributed by atoms with van der Waals surface area (Å²) in [5, 5.41) is 17.4. The number of nitrogens with two attached hydrogens (primary N) is 1. The quantitative estimate of drug-likeness (QED) is 0.518. The zero-order valence-corrected chi connectivity index (χ0v) is 18.0. The second kappa shape index (κ2) is 11.5. The van der Waals surface area contributed by atoms with Gasteiger partial charge in [-0.25, -0.2) is 0 Å². The van der Waals surface area contributed by atoms with Crippen LogP contribution in [0.4, 0.5) is 13.2 Å². The van der Waals surface area contributed by atoms with E-state index in [1.807, 2.05) is 30.3 Å². The van der Waals surface area contributed by atoms with Crippen LogP contribution in [-0.4, -0.2) is 47.5 Å². The van der Waals surface area contributed by atoms with Gasteiger partial charge < -0.3 is 20.3 Å². The number of halogens is 3. The van der Waals surface area contributed by atoms with Crippen LogP contribution in [0.5, 0.6) is 5.75 Å². The molecule has 0 amide bonds. The number of ether oxygens (including phenoxy) is 2. The van der Waals surface area contributed by atoms with Gasteiger partial charge in [0, 0.05) is 17.7 Å². The molecule has 1 unspecified atom stereocenters. The lowest BCUT2D eigenvalue weighted by atomic mass is 10.1. The van der Waals surface area contributed by atoms with Crippen LogP contribution in [0.25, 0.3) is 0 Å². The Bertz CT molecular complexity index is 952. The Kier molecular flexibility index (Phi) is 8.68. The predicted octanol–water partition coefficient (Wildman–Crippen LogP) is 3.86. The molecule has 10 heteroatoms. The lowest BCUT2D eigenvalue weighted by Crippen LogP contribution is -2.36. The third-order valence-electron chi connectivity index (χ3n) is 4.58. The van der Waals surface area contributed by atoms with E-state index in [4.69, 9.17) is 20.3 Å². The minimum absolute atomic E-state index is 0.0968. The molecule has 2 aromatic carbocycles. The van der Waals surface area contributed by atoms with Crippen molar-refractivity contribution in [2.45, 2.75) is 25.2 Å². The molecule has 0 radical (unpaired) electrons. The Balaban J connectivity index is 1.59. The van der Waals surface area contributed by atoms with Crippen molar-refractivity contribution in [2.24, 2.45) is 15.9 Å². The number of nitrogens with zero attached hydrogens (tertiary/aromatic N) is 2. The van der Waals surface area contributed by atoms with Crippen molar-refractivity contribution in [3.05, 3.63) is 65.2 Å². The van der Waals surface area contributed by atoms with Crippen molar-refractivity contribution < 1.29 is 27.8 Å². The average Bonchev–Trinajstić information content (AvgIpc) is 2.81. The van der Waals surface area contributed by atoms with E-state index in [0.717, 1.165) is 11.6 Å². The van der Waals surface area contributed by atoms with E-state index in [1.165, 1.54) is 23.9 Å². The molecule has 3 N–H and O–H groups in total. The van der Waals surface area contributed by atoms with Gasteiger partial charge in [0.25, 0.3) is 0 Å². The smallest absolute Gasteiger partial charge is 0.419 e. The van der Waals surface area contributed by atoms with Crippen molar-refractivity contribution in [1.82, 2.24) is 0 Å². The van der Waals surface area contributed by atoms with Crippen LogP contribution >= 0.6 is 11.8 Å². The van der Waals surface area contributed by atoms with Crippen LogP contribution in [0.15, 0.2) is 58.7 Å². The molecule has 2 aromatic rings. The SMILES string of the molecule is NC(CO)C1=NN=C(c2ccc(OCCCOCc3ccccc3)c(C(F)(F)F)c2)SC1. The molecule has 6 nitrogen and oxygen atoms in total. The summed E-state index contributed by atoms with van der Waals surface area (Å²) in [6.07, 6.45) is -4.13. The van der Waals surface area contributed by atoms with Crippen LogP contribution in [0.3, 0.4) is 0 Å². The number of alkyl halides is 3. The molecule has 1 atom stereocenters. The summed E-state index contributed by atoms with van der Waals surface area (Å²) in [5.74, 6) is 0.112. The molecular formula is C22H24F3N3O3S. The molecule has 172 valence electrons. The Labute approximate surface area is 188 Å². The van der Waals surface area contributed by atoms with E-state index in [-0.39, 0.29) is 19.0 Å². The van der Waals surface area contributed by atoms with Crippen molar-refractivity contribution in [3.63, 3.8) is 0 Å². The first kappa shape index (κ1) is 24.2. The number of hydrogen-bond donors (Lipinski definition) is 2. The lowest BCUT2D eigenvalue weighted by molar-refractivity contribution is -0.139. The van der Waals surface area contributed by atoms with Crippen LogP contribution < -0.4 is 10.5 Å². The third kappa shape index (κ3) is 6.80. The van der Waals surface area contributed by atoms with E-state index in [2.05, 4.69) is 10.2 Å². The summed E-state index contributed by atoms with van der Waals surface area (Å²) in [4.78, 5) is 0. The van der Waals surface area contributed by atoms with Gasteiger partial charge in [0.15, 0.2) is 0 Å². The fourth-order valence-corrected chi connectivity index (χ4v) is 3.80. The Morgan fingerprint density at radius 2 is 1.88 bits per heavy atom. The Morgan fingerprint density at radius 1 is 1.09 bits per heavy atom. The summed E-state index contributed by atoms with van der Waals surface area (Å²) in [6.45, 7) is 0.639. The van der Waals surface area contributed by atoms with Gasteiger partial charge in [-0.2, -0.15) is 18.3 Å². The zero-order chi connectivity index (χ0) is 23.0. The van der Waals surface area contributed by atoms with Gasteiger partial charge in [0.05, 0.1) is 43.7 Å². The summed E-state index contributed by atoms with van der Waals surface area (Å²) in [7, 11) is 0. The van der Waals surface area contributed by atoms with Gasteiger partial charge in [-0.05, 0) is 23.8 Å². The first-order chi connectivity index (χ1) is 15.4. The second-order valence-electron chi connectivity index (χ2n) is 7.02. The van der Waals surface area contributed by atoms with E-state index in [9.17, 15) is 13.2 Å². The molecule has 0 spiro atoms. The first-order valence-corrected chi connectivity index (χ1v) is 11.0. The average molecular weight is 468 g/mol. The van der Waals surface area contributed by atoms with Crippen molar-refractivity contribution in [1.29, 1.82) is 0 Å². The summed E-state index contributed by atoms with van der Waals surface area (Å²) in [6, 6.07) is 12.8. The Hall–Kier alpha value is -2.40. The van der Waals surface area contributed by atoms with Crippen LogP contribution in [-0.2, 0) is 17.5 Å². The van der Waals surface area contributed by atoms with Gasteiger partial charge in [0.2, 0.25) is 0 Å². The molecule has 1 aliphatic rings. The van der Waals surface area contributed by atoms with Gasteiger partial charge in [-0.3, -0.25) is 0 Å². The first-order valence-electron chi connectivity index (χ1n) is 9.98. The number of aliphatic hydroxyl groups is 1. The van der Waals surface area contributed by atoms with Crippen LogP contribution in [0.1, 0.15) is 23.1 Å². The maximum Gasteiger partial charge on any atom is 0.419 e. The molecular weight excluding hydrogens is 443 g/mol. The summed E-state index contributed by atoms with van der Waals surface area (Å²) < 4.78 is 51.7. The number of thioether (sulfide) groups is 1. The fraction of sp³-hybridized carbons (Fsp3) is 0.364. The summed E-state index contributed by atoms with van der Waals surface area (Å²) >= 11 is 1.22. The van der Waals surface area contributed by atoms with Gasteiger partial charge >= 0.3 is 6.18 Å². The van der Waals surface area contributed by atoms with E-state index in [1.54, 1.807) is 0 Å². The number of rotatable bonds is 10. The zero-order valence-electron chi connectivity index (χ0n) is 17.2. The molecule has 1 heterocycles. The highest BCUT2D eigenvalue weighted by molar-refractivity contribution is 8.15. The monoisotopic (exact) mass is 467 g/mol. The second-order valence-corrected chi connectivity index (χ2v) is 7.99. The topological polar surface area (TPSA) is 89.4 Å². The lowest BCUT2D eigenvalue weighted by Gasteiger charge is -2.18. The Morgan fingerprint density at radius 3 is 2.53 bits per heavy atom. The maximum atomic E-state index is 13.6. The molecule has 0 fully saturated rings. The van der Waals surface area contributed by atoms with E-state index < -0.39 is 17.8 Å². The van der Waals surface area contributed by atoms with Gasteiger partial charge in [-0.15, -0.1) is 5.10 Å². The highest BCUT2D eigenvalue weighted by atomic mass is 32.2. The van der Waals surface area contributed by atoms with Crippen molar-refractivity contribution in [2.75, 3.05) is 25.6 Å². The van der Waals surface area contributed by atoms with Gasteiger partial charge in [-0.1, -0.05) is 42.1 Å². The molecule has 0 aromatic heterocycles. The van der Waals surface area contributed by atoms with E-state index in [0.29, 0.717) is 41.7 Å². The largest absolute Gasteiger partial charge is 0.493 e. The molecule has 0 saturated carbocycles. The minimum Gasteiger partial charge on any atom is -0.493 e. The number of hydrogen-bond acceptors (Lipinski definition) is 7. The number of aliphatic hydroxyl groups excluding tert-OH is 1. The highest BCUT2D eigenvalue weighted by Gasteiger charge is 2.35. The normalized spacial score (nSPS) is 15.2. The summed E-state index contributed by atoms with van der Waals surface area (Å²) in [5.41, 5.74) is 6.65. The maximum absolute atomic E-state index is 13.6. The fourth-order valence-electron chi connectivity index (χ4n) is 2.86. The minimum atomic E-state index is -4.58. The highest BCUT2D eigenvalue weighted by Crippen LogP contribution is 2.37. The molecule has 1 aliphatic heterocycles. The van der Waals surface area contributed by atoms with Crippen LogP contribution in [0, 0.1) is 0 Å². The third-order valence-corrected chi connectivity index (χ3v) is 5.62. The molecule has 32 heavy (non-hydrogen) atoms. The van der Waals surface area contributed by atoms with Gasteiger partial charge in [0.1, 0.15) is 10.8 Å². The predicted molar refractivity (Wildman–Crippen MR) is 119 cm³/mol. The van der Waals surface area contributed by atoms with Crippen molar-refractivity contribution in [3.8, 4) is 5.75 Å². The van der Waals surface area contributed by atoms with Crippen LogP contribution in [0.2, 0.25) is 0 Å². The number of benzene rings is 2. The standard InChI is InChI=1S/C22H24F3N3O3S/c23-22(24,25)17-11-16(21-28-27-19(14-32-21)18(26)12-29)7-8-20(17)31-10-4-9-30-13-15-5-2-1-3-6-15/h1-3,5-8,11,18,29H,4,9-10,12-14,26H2.